The lowest BCUT2D eigenvalue weighted by Crippen LogP contribution is -2.40. The fourth-order valence-electron chi connectivity index (χ4n) is 4.12. The molecule has 1 fully saturated rings. The van der Waals surface area contributed by atoms with Crippen molar-refractivity contribution in [2.45, 2.75) is 13.0 Å². The second-order valence-corrected chi connectivity index (χ2v) is 9.11. The fourth-order valence-corrected chi connectivity index (χ4v) is 5.16. The molecule has 9 nitrogen and oxygen atoms in total. The number of rotatable bonds is 8. The van der Waals surface area contributed by atoms with Crippen molar-refractivity contribution in [1.82, 2.24) is 14.5 Å². The molecule has 1 amide bonds. The molecule has 1 saturated heterocycles. The maximum atomic E-state index is 13.5. The number of aromatic nitrogens is 2. The van der Waals surface area contributed by atoms with Crippen LogP contribution in [-0.2, 0) is 16.1 Å². The van der Waals surface area contributed by atoms with Crippen molar-refractivity contribution in [2.75, 3.05) is 51.4 Å². The molecule has 0 bridgehead atoms. The summed E-state index contributed by atoms with van der Waals surface area (Å²) in [5.74, 6) is -0.0113. The summed E-state index contributed by atoms with van der Waals surface area (Å²) in [4.78, 5) is 34.7. The van der Waals surface area contributed by atoms with E-state index in [9.17, 15) is 9.59 Å². The van der Waals surface area contributed by atoms with Crippen LogP contribution < -0.4 is 15.4 Å². The minimum Gasteiger partial charge on any atom is -0.497 e. The number of halogens is 1. The Morgan fingerprint density at radius 3 is 2.80 bits per heavy atom. The Kier molecular flexibility index (Phi) is 8.07. The van der Waals surface area contributed by atoms with Crippen molar-refractivity contribution in [3.8, 4) is 5.75 Å². The van der Waals surface area contributed by atoms with Gasteiger partial charge in [-0.05, 0) is 36.8 Å². The van der Waals surface area contributed by atoms with Crippen LogP contribution in [0.1, 0.15) is 6.42 Å². The highest BCUT2D eigenvalue weighted by Crippen LogP contribution is 2.32. The predicted molar refractivity (Wildman–Crippen MR) is 138 cm³/mol. The number of anilines is 1. The van der Waals surface area contributed by atoms with Gasteiger partial charge in [0.25, 0.3) is 0 Å². The summed E-state index contributed by atoms with van der Waals surface area (Å²) in [5, 5.41) is 0.607. The molecular weight excluding hydrogens is 492 g/mol. The molecule has 4 aromatic rings. The number of para-hydroxylation sites is 2. The fraction of sp³-hybridized carbons (Fsp3) is 0.375. The quantitative estimate of drug-likeness (QED) is 0.353. The molecule has 186 valence electrons. The number of fused-ring (bicyclic) bond motifs is 2. The minimum absolute atomic E-state index is 0. The number of hydrogen-bond acceptors (Lipinski definition) is 8. The maximum Gasteiger partial charge on any atom is 0.420 e. The molecule has 2 aromatic heterocycles. The summed E-state index contributed by atoms with van der Waals surface area (Å²) in [6.45, 7) is 4.50. The Hall–Kier alpha value is -2.92. The number of amides is 1. The molecule has 1 aliphatic rings. The second-order valence-electron chi connectivity index (χ2n) is 8.10. The average molecular weight is 519 g/mol. The van der Waals surface area contributed by atoms with Crippen LogP contribution >= 0.6 is 23.7 Å². The summed E-state index contributed by atoms with van der Waals surface area (Å²) >= 11 is 1.44. The van der Waals surface area contributed by atoms with Crippen molar-refractivity contribution >= 4 is 56.1 Å². The summed E-state index contributed by atoms with van der Waals surface area (Å²) in [7, 11) is 1.62. The van der Waals surface area contributed by atoms with E-state index in [0.29, 0.717) is 22.8 Å². The van der Waals surface area contributed by atoms with E-state index in [4.69, 9.17) is 18.9 Å². The second kappa shape index (κ2) is 11.2. The lowest BCUT2D eigenvalue weighted by Gasteiger charge is -2.27. The number of benzene rings is 2. The van der Waals surface area contributed by atoms with Gasteiger partial charge in [0.2, 0.25) is 5.91 Å². The third kappa shape index (κ3) is 5.51. The molecule has 5 rings (SSSR count). The molecule has 35 heavy (non-hydrogen) atoms. The van der Waals surface area contributed by atoms with Gasteiger partial charge in [0, 0.05) is 26.2 Å². The van der Waals surface area contributed by atoms with E-state index in [2.05, 4.69) is 4.90 Å². The zero-order valence-corrected chi connectivity index (χ0v) is 21.0. The number of morpholine rings is 1. The third-order valence-corrected chi connectivity index (χ3v) is 6.98. The summed E-state index contributed by atoms with van der Waals surface area (Å²) in [6.07, 6.45) is 0.784. The topological polar surface area (TPSA) is 90.0 Å². The molecule has 0 N–H and O–H groups in total. The lowest BCUT2D eigenvalue weighted by molar-refractivity contribution is -0.119. The first-order valence-electron chi connectivity index (χ1n) is 11.3. The van der Waals surface area contributed by atoms with E-state index in [1.807, 2.05) is 24.3 Å². The van der Waals surface area contributed by atoms with Gasteiger partial charge in [0.05, 0.1) is 36.1 Å². The number of ether oxygens (including phenoxy) is 2. The monoisotopic (exact) mass is 518 g/mol. The highest BCUT2D eigenvalue weighted by Gasteiger charge is 2.23. The molecule has 2 aromatic carbocycles. The van der Waals surface area contributed by atoms with Crippen molar-refractivity contribution < 1.29 is 18.7 Å². The molecule has 3 heterocycles. The third-order valence-electron chi connectivity index (χ3n) is 5.94. The van der Waals surface area contributed by atoms with Crippen molar-refractivity contribution in [3.05, 3.63) is 53.0 Å². The highest BCUT2D eigenvalue weighted by molar-refractivity contribution is 7.22. The summed E-state index contributed by atoms with van der Waals surface area (Å²) < 4.78 is 18.4. The SMILES string of the molecule is COc1ccc2nc(N(CCCN3CCOCC3)C(=O)Cn3c(=O)oc4ccccc43)sc2c1.Cl. The summed E-state index contributed by atoms with van der Waals surface area (Å²) in [5.41, 5.74) is 1.87. The van der Waals surface area contributed by atoms with Crippen LogP contribution in [0.4, 0.5) is 5.13 Å². The van der Waals surface area contributed by atoms with Crippen LogP contribution in [0, 0.1) is 0 Å². The number of methoxy groups -OCH3 is 1. The molecule has 1 aliphatic heterocycles. The zero-order chi connectivity index (χ0) is 23.5. The van der Waals surface area contributed by atoms with Crippen LogP contribution in [0.3, 0.4) is 0 Å². The van der Waals surface area contributed by atoms with Gasteiger partial charge in [0.15, 0.2) is 10.7 Å². The van der Waals surface area contributed by atoms with Crippen molar-refractivity contribution in [2.24, 2.45) is 0 Å². The normalized spacial score (nSPS) is 14.2. The van der Waals surface area contributed by atoms with Crippen molar-refractivity contribution in [3.63, 3.8) is 0 Å². The highest BCUT2D eigenvalue weighted by atomic mass is 35.5. The molecule has 0 atom stereocenters. The average Bonchev–Trinajstić information content (AvgIpc) is 3.42. The standard InChI is InChI=1S/C24H26N4O5S.ClH/c1-31-17-7-8-18-21(15-17)34-23(25-18)27(10-4-9-26-11-13-32-14-12-26)22(29)16-28-19-5-2-3-6-20(19)33-24(28)30;/h2-3,5-8,15H,4,9-14,16H2,1H3;1H. The molecule has 0 spiro atoms. The van der Waals surface area contributed by atoms with Crippen LogP contribution in [0.2, 0.25) is 0 Å². The van der Waals surface area contributed by atoms with Crippen molar-refractivity contribution in [1.29, 1.82) is 0 Å². The van der Waals surface area contributed by atoms with E-state index in [0.717, 1.165) is 55.2 Å². The van der Waals surface area contributed by atoms with Gasteiger partial charge < -0.3 is 13.9 Å². The Morgan fingerprint density at radius 1 is 1.20 bits per heavy atom. The first-order valence-corrected chi connectivity index (χ1v) is 12.1. The van der Waals surface area contributed by atoms with Gasteiger partial charge in [-0.3, -0.25) is 19.2 Å². The van der Waals surface area contributed by atoms with E-state index in [1.165, 1.54) is 15.9 Å². The van der Waals surface area contributed by atoms with E-state index in [-0.39, 0.29) is 24.9 Å². The molecule has 0 radical (unpaired) electrons. The Labute approximate surface area is 212 Å². The zero-order valence-electron chi connectivity index (χ0n) is 19.3. The number of nitrogens with zero attached hydrogens (tertiary/aromatic N) is 4. The number of thiazole rings is 1. The van der Waals surface area contributed by atoms with Crippen LogP contribution in [0.5, 0.6) is 5.75 Å². The Morgan fingerprint density at radius 2 is 2.00 bits per heavy atom. The van der Waals surface area contributed by atoms with Gasteiger partial charge in [-0.1, -0.05) is 23.5 Å². The van der Waals surface area contributed by atoms with Crippen LogP contribution in [0.25, 0.3) is 21.3 Å². The minimum atomic E-state index is -0.545. The lowest BCUT2D eigenvalue weighted by atomic mass is 10.3. The van der Waals surface area contributed by atoms with E-state index >= 15 is 0 Å². The van der Waals surface area contributed by atoms with Gasteiger partial charge in [0.1, 0.15) is 12.3 Å². The van der Waals surface area contributed by atoms with Gasteiger partial charge >= 0.3 is 5.76 Å². The smallest absolute Gasteiger partial charge is 0.420 e. The van der Waals surface area contributed by atoms with Gasteiger partial charge in [-0.2, -0.15) is 0 Å². The number of carbonyl (C=O) groups excluding carboxylic acids is 1. The number of carbonyl (C=O) groups is 1. The maximum absolute atomic E-state index is 13.5. The Bertz CT molecular complexity index is 1360. The van der Waals surface area contributed by atoms with Crippen LogP contribution in [-0.4, -0.2) is 66.9 Å². The van der Waals surface area contributed by atoms with Crippen LogP contribution in [0.15, 0.2) is 51.7 Å². The largest absolute Gasteiger partial charge is 0.497 e. The van der Waals surface area contributed by atoms with E-state index < -0.39 is 5.76 Å². The predicted octanol–water partition coefficient (Wildman–Crippen LogP) is 3.39. The number of hydrogen-bond donors (Lipinski definition) is 0. The molecule has 11 heteroatoms. The van der Waals surface area contributed by atoms with E-state index in [1.54, 1.807) is 30.2 Å². The molecule has 0 aliphatic carbocycles. The van der Waals surface area contributed by atoms with Gasteiger partial charge in [-0.25, -0.2) is 9.78 Å². The summed E-state index contributed by atoms with van der Waals surface area (Å²) in [6, 6.07) is 12.8. The number of oxazole rings is 1. The first-order chi connectivity index (χ1) is 16.6. The Balaban J connectivity index is 0.00000289. The first kappa shape index (κ1) is 25.2. The molecular formula is C24H27ClN4O5S. The molecule has 0 unspecified atom stereocenters. The van der Waals surface area contributed by atoms with Gasteiger partial charge in [-0.15, -0.1) is 12.4 Å². The molecule has 0 saturated carbocycles.